The molecule has 0 heterocycles. The van der Waals surface area contributed by atoms with E-state index in [9.17, 15) is 9.59 Å². The van der Waals surface area contributed by atoms with Crippen LogP contribution in [0.5, 0.6) is 0 Å². The lowest BCUT2D eigenvalue weighted by atomic mass is 10.1. The van der Waals surface area contributed by atoms with Gasteiger partial charge in [0.05, 0.1) is 13.2 Å². The number of rotatable bonds is 8. The number of hydrogen-bond acceptors (Lipinski definition) is 5. The van der Waals surface area contributed by atoms with Gasteiger partial charge in [-0.25, -0.2) is 9.59 Å². The van der Waals surface area contributed by atoms with Crippen molar-refractivity contribution in [3.8, 4) is 0 Å². The SMILES string of the molecule is CCCC(C)COC(=O)OC(=O)OCC(C)CCC. The quantitative estimate of drug-likeness (QED) is 0.491. The smallest absolute Gasteiger partial charge is 0.434 e. The molecule has 0 N–H and O–H groups in total. The van der Waals surface area contributed by atoms with Crippen molar-refractivity contribution in [3.63, 3.8) is 0 Å². The van der Waals surface area contributed by atoms with Gasteiger partial charge in [-0.3, -0.25) is 0 Å². The molecule has 0 aromatic rings. The maximum Gasteiger partial charge on any atom is 0.518 e. The Balaban J connectivity index is 3.72. The molecule has 2 atom stereocenters. The van der Waals surface area contributed by atoms with Gasteiger partial charge < -0.3 is 14.2 Å². The largest absolute Gasteiger partial charge is 0.518 e. The summed E-state index contributed by atoms with van der Waals surface area (Å²) in [6.45, 7) is 8.58. The van der Waals surface area contributed by atoms with E-state index in [1.807, 2.05) is 13.8 Å². The van der Waals surface area contributed by atoms with Crippen molar-refractivity contribution in [2.24, 2.45) is 11.8 Å². The molecule has 0 amide bonds. The predicted molar refractivity (Wildman–Crippen MR) is 71.9 cm³/mol. The minimum Gasteiger partial charge on any atom is -0.434 e. The zero-order valence-electron chi connectivity index (χ0n) is 12.4. The van der Waals surface area contributed by atoms with Crippen molar-refractivity contribution in [2.45, 2.75) is 53.4 Å². The molecule has 0 aliphatic carbocycles. The van der Waals surface area contributed by atoms with Gasteiger partial charge in [-0.2, -0.15) is 0 Å². The Hall–Kier alpha value is -1.26. The van der Waals surface area contributed by atoms with Crippen LogP contribution in [-0.4, -0.2) is 25.5 Å². The summed E-state index contributed by atoms with van der Waals surface area (Å²) in [5.74, 6) is 0.524. The van der Waals surface area contributed by atoms with E-state index >= 15 is 0 Å². The Morgan fingerprint density at radius 3 is 1.53 bits per heavy atom. The minimum atomic E-state index is -0.990. The predicted octanol–water partition coefficient (Wildman–Crippen LogP) is 4.15. The van der Waals surface area contributed by atoms with Gasteiger partial charge in [-0.15, -0.1) is 0 Å². The minimum absolute atomic E-state index is 0.256. The van der Waals surface area contributed by atoms with Crippen molar-refractivity contribution in [1.82, 2.24) is 0 Å². The summed E-state index contributed by atoms with van der Waals surface area (Å²) in [5.41, 5.74) is 0. The van der Waals surface area contributed by atoms with Crippen molar-refractivity contribution >= 4 is 12.3 Å². The van der Waals surface area contributed by atoms with Gasteiger partial charge in [-0.05, 0) is 24.7 Å². The summed E-state index contributed by atoms with van der Waals surface area (Å²) in [6.07, 6.45) is 2.00. The summed E-state index contributed by atoms with van der Waals surface area (Å²) in [7, 11) is 0. The zero-order chi connectivity index (χ0) is 14.7. The van der Waals surface area contributed by atoms with Crippen LogP contribution in [0.4, 0.5) is 9.59 Å². The van der Waals surface area contributed by atoms with E-state index in [-0.39, 0.29) is 25.0 Å². The van der Waals surface area contributed by atoms with Crippen LogP contribution in [0.3, 0.4) is 0 Å². The first kappa shape index (κ1) is 17.7. The van der Waals surface area contributed by atoms with E-state index in [1.165, 1.54) is 0 Å². The number of carbonyl (C=O) groups excluding carboxylic acids is 2. The highest BCUT2D eigenvalue weighted by atomic mass is 16.8. The van der Waals surface area contributed by atoms with Crippen LogP contribution >= 0.6 is 0 Å². The van der Waals surface area contributed by atoms with E-state index in [4.69, 9.17) is 9.47 Å². The molecule has 0 aromatic heterocycles. The molecule has 5 heteroatoms. The fourth-order valence-corrected chi connectivity index (χ4v) is 1.70. The maximum absolute atomic E-state index is 11.2. The molecule has 0 aromatic carbocycles. The van der Waals surface area contributed by atoms with Gasteiger partial charge in [-0.1, -0.05) is 40.5 Å². The maximum atomic E-state index is 11.2. The first-order valence-electron chi connectivity index (χ1n) is 7.00. The van der Waals surface area contributed by atoms with E-state index in [2.05, 4.69) is 18.6 Å². The van der Waals surface area contributed by atoms with Crippen LogP contribution < -0.4 is 0 Å². The fourth-order valence-electron chi connectivity index (χ4n) is 1.70. The zero-order valence-corrected chi connectivity index (χ0v) is 12.4. The Bertz CT molecular complexity index is 239. The highest BCUT2D eigenvalue weighted by Crippen LogP contribution is 2.07. The normalized spacial score (nSPS) is 13.5. The summed E-state index contributed by atoms with van der Waals surface area (Å²) in [6, 6.07) is 0. The number of ether oxygens (including phenoxy) is 3. The Morgan fingerprint density at radius 1 is 0.842 bits per heavy atom. The third-order valence-electron chi connectivity index (χ3n) is 2.70. The first-order valence-corrected chi connectivity index (χ1v) is 7.00. The van der Waals surface area contributed by atoms with Crippen LogP contribution in [0.15, 0.2) is 0 Å². The van der Waals surface area contributed by atoms with Gasteiger partial charge in [0, 0.05) is 0 Å². The van der Waals surface area contributed by atoms with Crippen LogP contribution in [0.1, 0.15) is 53.4 Å². The van der Waals surface area contributed by atoms with Crippen LogP contribution in [-0.2, 0) is 14.2 Å². The third kappa shape index (κ3) is 10.4. The van der Waals surface area contributed by atoms with Crippen LogP contribution in [0.2, 0.25) is 0 Å². The first-order chi connectivity index (χ1) is 8.99. The Morgan fingerprint density at radius 2 is 1.21 bits per heavy atom. The summed E-state index contributed by atoms with van der Waals surface area (Å²) < 4.78 is 14.0. The lowest BCUT2D eigenvalue weighted by molar-refractivity contribution is 0.0255. The third-order valence-corrected chi connectivity index (χ3v) is 2.70. The molecule has 0 spiro atoms. The standard InChI is InChI=1S/C14H26O5/c1-5-7-11(3)9-17-13(15)19-14(16)18-10-12(4)8-6-2/h11-12H,5-10H2,1-4H3. The second-order valence-electron chi connectivity index (χ2n) is 5.01. The molecule has 19 heavy (non-hydrogen) atoms. The average Bonchev–Trinajstić information content (AvgIpc) is 2.35. The van der Waals surface area contributed by atoms with Gasteiger partial charge in [0.1, 0.15) is 0 Å². The van der Waals surface area contributed by atoms with Gasteiger partial charge in [0.25, 0.3) is 0 Å². The molecular weight excluding hydrogens is 248 g/mol. The van der Waals surface area contributed by atoms with E-state index < -0.39 is 12.3 Å². The molecule has 0 saturated heterocycles. The molecule has 0 radical (unpaired) electrons. The molecule has 112 valence electrons. The van der Waals surface area contributed by atoms with E-state index in [1.54, 1.807) is 0 Å². The topological polar surface area (TPSA) is 61.8 Å². The van der Waals surface area contributed by atoms with Crippen molar-refractivity contribution in [3.05, 3.63) is 0 Å². The van der Waals surface area contributed by atoms with E-state index in [0.717, 1.165) is 25.7 Å². The molecule has 5 nitrogen and oxygen atoms in total. The van der Waals surface area contributed by atoms with Crippen molar-refractivity contribution < 1.29 is 23.8 Å². The molecule has 0 rings (SSSR count). The molecule has 0 saturated carbocycles. The molecule has 0 fully saturated rings. The summed E-state index contributed by atoms with van der Waals surface area (Å²) in [5, 5.41) is 0. The fraction of sp³-hybridized carbons (Fsp3) is 0.857. The van der Waals surface area contributed by atoms with Gasteiger partial charge >= 0.3 is 12.3 Å². The van der Waals surface area contributed by atoms with E-state index in [0.29, 0.717) is 0 Å². The van der Waals surface area contributed by atoms with Crippen molar-refractivity contribution in [1.29, 1.82) is 0 Å². The molecule has 0 aliphatic heterocycles. The monoisotopic (exact) mass is 274 g/mol. The van der Waals surface area contributed by atoms with Gasteiger partial charge in [0.15, 0.2) is 0 Å². The lowest BCUT2D eigenvalue weighted by Crippen LogP contribution is -2.19. The molecule has 0 bridgehead atoms. The van der Waals surface area contributed by atoms with Crippen LogP contribution in [0.25, 0.3) is 0 Å². The molecule has 2 unspecified atom stereocenters. The Kier molecular flexibility index (Phi) is 9.94. The summed E-state index contributed by atoms with van der Waals surface area (Å²) >= 11 is 0. The molecule has 0 aliphatic rings. The number of hydrogen-bond donors (Lipinski definition) is 0. The highest BCUT2D eigenvalue weighted by molar-refractivity contribution is 5.76. The van der Waals surface area contributed by atoms with Crippen molar-refractivity contribution in [2.75, 3.05) is 13.2 Å². The van der Waals surface area contributed by atoms with Crippen LogP contribution in [0, 0.1) is 11.8 Å². The second kappa shape index (κ2) is 10.6. The average molecular weight is 274 g/mol. The lowest BCUT2D eigenvalue weighted by Gasteiger charge is -2.11. The Labute approximate surface area is 115 Å². The molecular formula is C14H26O5. The summed E-state index contributed by atoms with van der Waals surface area (Å²) in [4.78, 5) is 22.4. The highest BCUT2D eigenvalue weighted by Gasteiger charge is 2.15. The van der Waals surface area contributed by atoms with Gasteiger partial charge in [0.2, 0.25) is 0 Å². The second-order valence-corrected chi connectivity index (χ2v) is 5.01. The number of carbonyl (C=O) groups is 2.